The highest BCUT2D eigenvalue weighted by molar-refractivity contribution is 9.09. The van der Waals surface area contributed by atoms with Gasteiger partial charge in [0.1, 0.15) is 0 Å². The average Bonchev–Trinajstić information content (AvgIpc) is 2.38. The lowest BCUT2D eigenvalue weighted by molar-refractivity contribution is 0.0765. The molecule has 0 aromatic heterocycles. The molecule has 0 radical (unpaired) electrons. The number of amides is 1. The minimum Gasteiger partial charge on any atom is -0.339 e. The van der Waals surface area contributed by atoms with Crippen molar-refractivity contribution in [1.82, 2.24) is 4.90 Å². The van der Waals surface area contributed by atoms with Crippen LogP contribution in [0.15, 0.2) is 29.2 Å². The van der Waals surface area contributed by atoms with Crippen LogP contribution in [0.25, 0.3) is 0 Å². The Morgan fingerprint density at radius 3 is 2.26 bits per heavy atom. The first-order chi connectivity index (χ1) is 8.90. The molecule has 0 unspecified atom stereocenters. The Balaban J connectivity index is 2.88. The number of carbonyl (C=O) groups is 1. The number of nitrogens with zero attached hydrogens (tertiary/aromatic N) is 1. The number of benzene rings is 1. The highest BCUT2D eigenvalue weighted by atomic mass is 79.9. The zero-order valence-corrected chi connectivity index (χ0v) is 13.5. The van der Waals surface area contributed by atoms with E-state index < -0.39 is 9.84 Å². The van der Waals surface area contributed by atoms with Crippen LogP contribution in [0.2, 0.25) is 0 Å². The molecule has 0 saturated heterocycles. The molecule has 1 rings (SSSR count). The van der Waals surface area contributed by atoms with Crippen molar-refractivity contribution in [3.63, 3.8) is 0 Å². The lowest BCUT2D eigenvalue weighted by atomic mass is 10.2. The molecular formula is C13H18BrNO3S. The molecule has 0 atom stereocenters. The van der Waals surface area contributed by atoms with Gasteiger partial charge >= 0.3 is 0 Å². The van der Waals surface area contributed by atoms with Gasteiger partial charge in [0.2, 0.25) is 0 Å². The Morgan fingerprint density at radius 1 is 1.26 bits per heavy atom. The minimum atomic E-state index is -3.22. The first-order valence-corrected chi connectivity index (χ1v) is 9.06. The van der Waals surface area contributed by atoms with E-state index in [0.29, 0.717) is 18.7 Å². The van der Waals surface area contributed by atoms with Crippen LogP contribution in [-0.4, -0.2) is 43.9 Å². The highest BCUT2D eigenvalue weighted by Crippen LogP contribution is 2.12. The Bertz CT molecular complexity index is 525. The number of hydrogen-bond acceptors (Lipinski definition) is 3. The third-order valence-corrected chi connectivity index (χ3v) is 4.45. The van der Waals surface area contributed by atoms with Crippen LogP contribution < -0.4 is 0 Å². The van der Waals surface area contributed by atoms with E-state index in [1.807, 2.05) is 6.92 Å². The molecule has 0 fully saturated rings. The Morgan fingerprint density at radius 2 is 1.84 bits per heavy atom. The van der Waals surface area contributed by atoms with Crippen LogP contribution in [0.1, 0.15) is 23.7 Å². The predicted molar refractivity (Wildman–Crippen MR) is 79.5 cm³/mol. The summed E-state index contributed by atoms with van der Waals surface area (Å²) in [5.74, 6) is -0.0662. The molecule has 0 N–H and O–H groups in total. The van der Waals surface area contributed by atoms with Crippen molar-refractivity contribution in [1.29, 1.82) is 0 Å². The van der Waals surface area contributed by atoms with E-state index in [2.05, 4.69) is 15.9 Å². The van der Waals surface area contributed by atoms with E-state index >= 15 is 0 Å². The van der Waals surface area contributed by atoms with Crippen LogP contribution in [0.5, 0.6) is 0 Å². The van der Waals surface area contributed by atoms with Gasteiger partial charge in [-0.15, -0.1) is 0 Å². The van der Waals surface area contributed by atoms with E-state index in [0.717, 1.165) is 18.0 Å². The summed E-state index contributed by atoms with van der Waals surface area (Å²) >= 11 is 3.34. The fraction of sp³-hybridized carbons (Fsp3) is 0.462. The lowest BCUT2D eigenvalue weighted by Gasteiger charge is -2.20. The standard InChI is InChI=1S/C13H18BrNO3S/c1-3-15(10-4-9-14)13(16)11-5-7-12(8-6-11)19(2,17)18/h5-8H,3-4,9-10H2,1-2H3. The van der Waals surface area contributed by atoms with Gasteiger partial charge in [-0.2, -0.15) is 0 Å². The Kier molecular flexibility index (Phi) is 6.00. The molecule has 4 nitrogen and oxygen atoms in total. The van der Waals surface area contributed by atoms with Gasteiger partial charge in [-0.1, -0.05) is 15.9 Å². The van der Waals surface area contributed by atoms with Gasteiger partial charge < -0.3 is 4.90 Å². The molecule has 106 valence electrons. The number of carbonyl (C=O) groups excluding carboxylic acids is 1. The summed E-state index contributed by atoms with van der Waals surface area (Å²) < 4.78 is 22.7. The SMILES string of the molecule is CCN(CCCBr)C(=O)c1ccc(S(C)(=O)=O)cc1. The number of rotatable bonds is 6. The third kappa shape index (κ3) is 4.62. The number of hydrogen-bond donors (Lipinski definition) is 0. The maximum absolute atomic E-state index is 12.2. The second-order valence-electron chi connectivity index (χ2n) is 4.22. The first kappa shape index (κ1) is 16.2. The summed E-state index contributed by atoms with van der Waals surface area (Å²) in [4.78, 5) is 14.2. The summed E-state index contributed by atoms with van der Waals surface area (Å²) in [5, 5.41) is 0.851. The van der Waals surface area contributed by atoms with E-state index in [4.69, 9.17) is 0 Å². The summed E-state index contributed by atoms with van der Waals surface area (Å²) in [6, 6.07) is 6.08. The van der Waals surface area contributed by atoms with Gasteiger partial charge in [-0.3, -0.25) is 4.79 Å². The molecule has 1 amide bonds. The molecule has 1 aromatic carbocycles. The van der Waals surface area contributed by atoms with Gasteiger partial charge in [-0.05, 0) is 37.6 Å². The summed E-state index contributed by atoms with van der Waals surface area (Å²) in [6.45, 7) is 3.26. The average molecular weight is 348 g/mol. The molecule has 0 spiro atoms. The van der Waals surface area contributed by atoms with E-state index in [9.17, 15) is 13.2 Å². The predicted octanol–water partition coefficient (Wildman–Crippen LogP) is 2.34. The van der Waals surface area contributed by atoms with Gasteiger partial charge in [0.05, 0.1) is 4.90 Å². The van der Waals surface area contributed by atoms with E-state index in [-0.39, 0.29) is 10.8 Å². The molecule has 0 heterocycles. The minimum absolute atomic E-state index is 0.0662. The topological polar surface area (TPSA) is 54.5 Å². The number of alkyl halides is 1. The van der Waals surface area contributed by atoms with Gasteiger partial charge in [0, 0.05) is 30.2 Å². The molecule has 0 bridgehead atoms. The maximum Gasteiger partial charge on any atom is 0.253 e. The molecule has 0 aliphatic rings. The van der Waals surface area contributed by atoms with Crippen molar-refractivity contribution < 1.29 is 13.2 Å². The Labute approximate surface area is 122 Å². The van der Waals surface area contributed by atoms with E-state index in [1.54, 1.807) is 17.0 Å². The number of sulfone groups is 1. The van der Waals surface area contributed by atoms with Crippen LogP contribution in [0, 0.1) is 0 Å². The second-order valence-corrected chi connectivity index (χ2v) is 7.03. The van der Waals surface area contributed by atoms with Gasteiger partial charge in [0.15, 0.2) is 9.84 Å². The highest BCUT2D eigenvalue weighted by Gasteiger charge is 2.14. The molecule has 0 saturated carbocycles. The van der Waals surface area contributed by atoms with Gasteiger partial charge in [-0.25, -0.2) is 8.42 Å². The zero-order chi connectivity index (χ0) is 14.5. The van der Waals surface area contributed by atoms with Crippen LogP contribution >= 0.6 is 15.9 Å². The largest absolute Gasteiger partial charge is 0.339 e. The fourth-order valence-electron chi connectivity index (χ4n) is 1.68. The van der Waals surface area contributed by atoms with Crippen molar-refractivity contribution >= 4 is 31.7 Å². The normalized spacial score (nSPS) is 11.3. The van der Waals surface area contributed by atoms with Crippen molar-refractivity contribution in [3.05, 3.63) is 29.8 Å². The molecule has 19 heavy (non-hydrogen) atoms. The molecule has 1 aromatic rings. The van der Waals surface area contributed by atoms with Gasteiger partial charge in [0.25, 0.3) is 5.91 Å². The van der Waals surface area contributed by atoms with Crippen LogP contribution in [0.3, 0.4) is 0 Å². The van der Waals surface area contributed by atoms with Crippen molar-refractivity contribution in [3.8, 4) is 0 Å². The lowest BCUT2D eigenvalue weighted by Crippen LogP contribution is -2.31. The third-order valence-electron chi connectivity index (χ3n) is 2.76. The monoisotopic (exact) mass is 347 g/mol. The number of halogens is 1. The quantitative estimate of drug-likeness (QED) is 0.742. The molecule has 0 aliphatic carbocycles. The Hall–Kier alpha value is -0.880. The smallest absolute Gasteiger partial charge is 0.253 e. The zero-order valence-electron chi connectivity index (χ0n) is 11.1. The van der Waals surface area contributed by atoms with Crippen LogP contribution in [-0.2, 0) is 9.84 Å². The second kappa shape index (κ2) is 7.05. The maximum atomic E-state index is 12.2. The molecule has 0 aliphatic heterocycles. The molecular weight excluding hydrogens is 330 g/mol. The summed E-state index contributed by atoms with van der Waals surface area (Å²) in [5.41, 5.74) is 0.517. The summed E-state index contributed by atoms with van der Waals surface area (Å²) in [6.07, 6.45) is 2.04. The van der Waals surface area contributed by atoms with E-state index in [1.165, 1.54) is 12.1 Å². The first-order valence-electron chi connectivity index (χ1n) is 6.05. The molecule has 6 heteroatoms. The van der Waals surface area contributed by atoms with Crippen molar-refractivity contribution in [2.45, 2.75) is 18.2 Å². The summed E-state index contributed by atoms with van der Waals surface area (Å²) in [7, 11) is -3.22. The van der Waals surface area contributed by atoms with Crippen LogP contribution in [0.4, 0.5) is 0 Å². The van der Waals surface area contributed by atoms with Crippen molar-refractivity contribution in [2.75, 3.05) is 24.7 Å². The van der Waals surface area contributed by atoms with Crippen molar-refractivity contribution in [2.24, 2.45) is 0 Å². The fourth-order valence-corrected chi connectivity index (χ4v) is 2.56.